The number of hydrogen-bond donors (Lipinski definition) is 2. The van der Waals surface area contributed by atoms with Crippen molar-refractivity contribution in [2.45, 2.75) is 39.7 Å². The summed E-state index contributed by atoms with van der Waals surface area (Å²) in [7, 11) is 0. The van der Waals surface area contributed by atoms with Crippen LogP contribution in [0.15, 0.2) is 11.6 Å². The lowest BCUT2D eigenvalue weighted by atomic mass is 9.88. The molecule has 1 unspecified atom stereocenters. The Morgan fingerprint density at radius 1 is 1.48 bits per heavy atom. The number of carbonyl (C=O) groups is 2. The lowest BCUT2D eigenvalue weighted by Gasteiger charge is -2.18. The minimum Gasteiger partial charge on any atom is -0.462 e. The number of thiophene rings is 1. The van der Waals surface area contributed by atoms with Crippen LogP contribution in [0, 0.1) is 11.3 Å². The van der Waals surface area contributed by atoms with Gasteiger partial charge in [0.2, 0.25) is 5.91 Å². The number of rotatable bonds is 5. The molecule has 2 aromatic rings. The number of hydrogen-bond acceptors (Lipinski definition) is 6. The summed E-state index contributed by atoms with van der Waals surface area (Å²) in [5.74, 6) is -0.0275. The van der Waals surface area contributed by atoms with E-state index in [-0.39, 0.29) is 18.4 Å². The molecule has 0 aliphatic heterocycles. The molecule has 0 radical (unpaired) electrons. The van der Waals surface area contributed by atoms with Crippen molar-refractivity contribution in [2.24, 2.45) is 5.92 Å². The maximum atomic E-state index is 12.4. The van der Waals surface area contributed by atoms with E-state index >= 15 is 0 Å². The standard InChI is InChI=1S/C17H21N3O3S2/c1-3-23-16(22)14-11-5-4-10(2)8-12(11)25-15(14)19-13(21)9-20-6-7-24-17(20)18/h6-7,10,18H,3-5,8-9H2,1-2H3,(H,19,21). The normalized spacial score (nSPS) is 16.3. The zero-order chi connectivity index (χ0) is 18.0. The highest BCUT2D eigenvalue weighted by atomic mass is 32.1. The van der Waals surface area contributed by atoms with Crippen LogP contribution in [-0.2, 0) is 28.9 Å². The van der Waals surface area contributed by atoms with Gasteiger partial charge in [0.1, 0.15) is 11.5 Å². The Morgan fingerprint density at radius 2 is 2.28 bits per heavy atom. The van der Waals surface area contributed by atoms with Crippen LogP contribution in [-0.4, -0.2) is 23.1 Å². The molecule has 8 heteroatoms. The van der Waals surface area contributed by atoms with Crippen LogP contribution in [0.3, 0.4) is 0 Å². The first-order valence-electron chi connectivity index (χ1n) is 8.29. The fourth-order valence-corrected chi connectivity index (χ4v) is 5.02. The van der Waals surface area contributed by atoms with Gasteiger partial charge >= 0.3 is 5.97 Å². The molecule has 1 amide bonds. The smallest absolute Gasteiger partial charge is 0.341 e. The van der Waals surface area contributed by atoms with E-state index in [1.54, 1.807) is 23.1 Å². The van der Waals surface area contributed by atoms with Gasteiger partial charge in [-0.15, -0.1) is 22.7 Å². The van der Waals surface area contributed by atoms with Crippen LogP contribution in [0.5, 0.6) is 0 Å². The maximum absolute atomic E-state index is 12.4. The van der Waals surface area contributed by atoms with E-state index in [0.29, 0.717) is 27.9 Å². The van der Waals surface area contributed by atoms with Gasteiger partial charge in [0.15, 0.2) is 4.80 Å². The molecule has 0 saturated heterocycles. The van der Waals surface area contributed by atoms with E-state index in [1.807, 2.05) is 0 Å². The average molecular weight is 380 g/mol. The van der Waals surface area contributed by atoms with Gasteiger partial charge in [0, 0.05) is 16.5 Å². The van der Waals surface area contributed by atoms with E-state index in [2.05, 4.69) is 12.2 Å². The van der Waals surface area contributed by atoms with Crippen molar-refractivity contribution in [3.63, 3.8) is 0 Å². The Hall–Kier alpha value is -1.93. The second-order valence-corrected chi connectivity index (χ2v) is 8.16. The van der Waals surface area contributed by atoms with Crippen molar-refractivity contribution in [3.05, 3.63) is 32.4 Å². The second kappa shape index (κ2) is 7.53. The molecule has 2 N–H and O–H groups in total. The van der Waals surface area contributed by atoms with E-state index in [4.69, 9.17) is 10.1 Å². The molecule has 0 spiro atoms. The molecule has 3 rings (SSSR count). The first-order valence-corrected chi connectivity index (χ1v) is 9.99. The predicted molar refractivity (Wildman–Crippen MR) is 98.3 cm³/mol. The summed E-state index contributed by atoms with van der Waals surface area (Å²) in [4.78, 5) is 26.3. The highest BCUT2D eigenvalue weighted by molar-refractivity contribution is 7.17. The van der Waals surface area contributed by atoms with Gasteiger partial charge < -0.3 is 14.6 Å². The summed E-state index contributed by atoms with van der Waals surface area (Å²) in [5, 5.41) is 13.0. The van der Waals surface area contributed by atoms with E-state index in [0.717, 1.165) is 24.8 Å². The summed E-state index contributed by atoms with van der Waals surface area (Å²) >= 11 is 2.75. The van der Waals surface area contributed by atoms with Gasteiger partial charge in [-0.1, -0.05) is 6.92 Å². The molecule has 0 saturated carbocycles. The van der Waals surface area contributed by atoms with E-state index in [1.165, 1.54) is 27.6 Å². The lowest BCUT2D eigenvalue weighted by Crippen LogP contribution is -2.24. The number of anilines is 1. The fourth-order valence-electron chi connectivity index (χ4n) is 3.01. The number of nitrogens with one attached hydrogen (secondary N) is 2. The largest absolute Gasteiger partial charge is 0.462 e. The van der Waals surface area contributed by atoms with Crippen LogP contribution in [0.2, 0.25) is 0 Å². The zero-order valence-corrected chi connectivity index (χ0v) is 15.9. The van der Waals surface area contributed by atoms with Crippen LogP contribution in [0.25, 0.3) is 0 Å². The molecule has 2 heterocycles. The van der Waals surface area contributed by atoms with E-state index in [9.17, 15) is 9.59 Å². The van der Waals surface area contributed by atoms with Gasteiger partial charge in [-0.25, -0.2) is 4.79 Å². The fraction of sp³-hybridized carbons (Fsp3) is 0.471. The summed E-state index contributed by atoms with van der Waals surface area (Å²) in [6.45, 7) is 4.34. The highest BCUT2D eigenvalue weighted by Crippen LogP contribution is 2.40. The molecule has 2 aromatic heterocycles. The van der Waals surface area contributed by atoms with Gasteiger partial charge in [-0.2, -0.15) is 0 Å². The number of esters is 1. The molecule has 1 atom stereocenters. The number of thiazole rings is 1. The quantitative estimate of drug-likeness (QED) is 0.783. The second-order valence-electron chi connectivity index (χ2n) is 6.16. The van der Waals surface area contributed by atoms with Crippen molar-refractivity contribution in [3.8, 4) is 0 Å². The number of fused-ring (bicyclic) bond motifs is 1. The number of nitrogens with zero attached hydrogens (tertiary/aromatic N) is 1. The maximum Gasteiger partial charge on any atom is 0.341 e. The number of aromatic nitrogens is 1. The SMILES string of the molecule is CCOC(=O)c1c(NC(=O)Cn2ccsc2=N)sc2c1CCC(C)C2. The first kappa shape index (κ1) is 17.9. The number of amides is 1. The van der Waals surface area contributed by atoms with Crippen LogP contribution in [0.1, 0.15) is 41.1 Å². The Balaban J connectivity index is 1.87. The Bertz CT molecular complexity index is 850. The molecule has 0 aromatic carbocycles. The van der Waals surface area contributed by atoms with Crippen molar-refractivity contribution < 1.29 is 14.3 Å². The van der Waals surface area contributed by atoms with Crippen LogP contribution < -0.4 is 10.1 Å². The molecule has 25 heavy (non-hydrogen) atoms. The van der Waals surface area contributed by atoms with Gasteiger partial charge in [0.25, 0.3) is 0 Å². The summed E-state index contributed by atoms with van der Waals surface area (Å²) in [5.41, 5.74) is 1.55. The first-order chi connectivity index (χ1) is 12.0. The third-order valence-corrected chi connectivity index (χ3v) is 6.12. The molecular weight excluding hydrogens is 358 g/mol. The summed E-state index contributed by atoms with van der Waals surface area (Å²) < 4.78 is 6.78. The summed E-state index contributed by atoms with van der Waals surface area (Å²) in [6, 6.07) is 0. The molecule has 1 aliphatic rings. The lowest BCUT2D eigenvalue weighted by molar-refractivity contribution is -0.116. The third-order valence-electron chi connectivity index (χ3n) is 4.24. The van der Waals surface area contributed by atoms with Crippen molar-refractivity contribution in [1.29, 1.82) is 5.41 Å². The Morgan fingerprint density at radius 3 is 2.96 bits per heavy atom. The Labute approximate surface area is 154 Å². The minimum atomic E-state index is -0.366. The Kier molecular flexibility index (Phi) is 5.39. The van der Waals surface area contributed by atoms with E-state index < -0.39 is 0 Å². The average Bonchev–Trinajstić information content (AvgIpc) is 3.10. The minimum absolute atomic E-state index is 0.0591. The third kappa shape index (κ3) is 3.85. The molecular formula is C17H21N3O3S2. The van der Waals surface area contributed by atoms with Crippen LogP contribution in [0.4, 0.5) is 5.00 Å². The summed E-state index contributed by atoms with van der Waals surface area (Å²) in [6.07, 6.45) is 4.52. The van der Waals surface area contributed by atoms with Crippen molar-refractivity contribution in [2.75, 3.05) is 11.9 Å². The van der Waals surface area contributed by atoms with Crippen molar-refractivity contribution in [1.82, 2.24) is 4.57 Å². The number of carbonyl (C=O) groups excluding carboxylic acids is 2. The molecule has 134 valence electrons. The molecule has 0 fully saturated rings. The molecule has 6 nitrogen and oxygen atoms in total. The van der Waals surface area contributed by atoms with Gasteiger partial charge in [-0.05, 0) is 37.7 Å². The highest BCUT2D eigenvalue weighted by Gasteiger charge is 2.29. The van der Waals surface area contributed by atoms with Gasteiger partial charge in [-0.3, -0.25) is 10.2 Å². The topological polar surface area (TPSA) is 84.2 Å². The predicted octanol–water partition coefficient (Wildman–Crippen LogP) is 3.03. The monoisotopic (exact) mass is 379 g/mol. The zero-order valence-electron chi connectivity index (χ0n) is 14.3. The van der Waals surface area contributed by atoms with Gasteiger partial charge in [0.05, 0.1) is 12.2 Å². The number of ether oxygens (including phenoxy) is 1. The van der Waals surface area contributed by atoms with Crippen LogP contribution >= 0.6 is 22.7 Å². The molecule has 1 aliphatic carbocycles. The molecule has 0 bridgehead atoms. The van der Waals surface area contributed by atoms with Crippen molar-refractivity contribution >= 4 is 39.6 Å².